The lowest BCUT2D eigenvalue weighted by atomic mass is 10.1. The summed E-state index contributed by atoms with van der Waals surface area (Å²) in [5.74, 6) is 0. The second-order valence-electron chi connectivity index (χ2n) is 3.25. The maximum atomic E-state index is 4.33. The normalized spacial score (nSPS) is 13.2. The molecule has 0 radical (unpaired) electrons. The first kappa shape index (κ1) is 10.3. The van der Waals surface area contributed by atoms with Crippen LogP contribution in [0.1, 0.15) is 37.6 Å². The molecule has 0 aliphatic carbocycles. The number of nitrogens with zero attached hydrogens (tertiary/aromatic N) is 2. The zero-order valence-electron chi connectivity index (χ0n) is 8.96. The van der Waals surface area contributed by atoms with Crippen LogP contribution >= 0.6 is 0 Å². The third-order valence-electron chi connectivity index (χ3n) is 2.57. The number of hydrogen-bond donors (Lipinski definition) is 1. The van der Waals surface area contributed by atoms with Gasteiger partial charge in [-0.05, 0) is 27.3 Å². The number of aromatic nitrogens is 2. The molecule has 0 saturated carbocycles. The lowest BCUT2D eigenvalue weighted by Gasteiger charge is -2.13. The van der Waals surface area contributed by atoms with Crippen molar-refractivity contribution in [3.63, 3.8) is 0 Å². The van der Waals surface area contributed by atoms with Crippen LogP contribution in [-0.4, -0.2) is 16.8 Å². The van der Waals surface area contributed by atoms with Gasteiger partial charge in [0, 0.05) is 23.8 Å². The van der Waals surface area contributed by atoms with E-state index in [1.807, 2.05) is 17.9 Å². The summed E-state index contributed by atoms with van der Waals surface area (Å²) in [4.78, 5) is 0. The molecule has 0 fully saturated rings. The van der Waals surface area contributed by atoms with Gasteiger partial charge in [-0.25, -0.2) is 0 Å². The predicted octanol–water partition coefficient (Wildman–Crippen LogP) is 1.88. The Kier molecular flexibility index (Phi) is 3.48. The average Bonchev–Trinajstić information content (AvgIpc) is 2.50. The Morgan fingerprint density at radius 2 is 2.23 bits per heavy atom. The Morgan fingerprint density at radius 3 is 2.62 bits per heavy atom. The zero-order valence-corrected chi connectivity index (χ0v) is 8.96. The van der Waals surface area contributed by atoms with Crippen molar-refractivity contribution in [1.82, 2.24) is 15.1 Å². The SMILES string of the molecule is CCC(NC)c1cnn(CC)c1C. The topological polar surface area (TPSA) is 29.9 Å². The Labute approximate surface area is 80.1 Å². The first-order chi connectivity index (χ1) is 6.24. The van der Waals surface area contributed by atoms with E-state index < -0.39 is 0 Å². The van der Waals surface area contributed by atoms with Crippen molar-refractivity contribution in [1.29, 1.82) is 0 Å². The van der Waals surface area contributed by atoms with E-state index in [1.165, 1.54) is 11.3 Å². The molecule has 1 aromatic heterocycles. The van der Waals surface area contributed by atoms with Crippen LogP contribution in [0.25, 0.3) is 0 Å². The van der Waals surface area contributed by atoms with E-state index in [-0.39, 0.29) is 0 Å². The van der Waals surface area contributed by atoms with Gasteiger partial charge >= 0.3 is 0 Å². The first-order valence-electron chi connectivity index (χ1n) is 4.94. The maximum absolute atomic E-state index is 4.33. The van der Waals surface area contributed by atoms with Crippen molar-refractivity contribution in [3.8, 4) is 0 Å². The maximum Gasteiger partial charge on any atom is 0.0540 e. The van der Waals surface area contributed by atoms with Gasteiger partial charge in [0.1, 0.15) is 0 Å². The van der Waals surface area contributed by atoms with E-state index in [0.717, 1.165) is 13.0 Å². The second kappa shape index (κ2) is 4.42. The highest BCUT2D eigenvalue weighted by molar-refractivity contribution is 5.20. The van der Waals surface area contributed by atoms with Gasteiger partial charge < -0.3 is 5.32 Å². The fraction of sp³-hybridized carbons (Fsp3) is 0.700. The molecule has 1 unspecified atom stereocenters. The van der Waals surface area contributed by atoms with Crippen LogP contribution in [0, 0.1) is 6.92 Å². The van der Waals surface area contributed by atoms with E-state index in [0.29, 0.717) is 6.04 Å². The van der Waals surface area contributed by atoms with Crippen molar-refractivity contribution < 1.29 is 0 Å². The largest absolute Gasteiger partial charge is 0.313 e. The monoisotopic (exact) mass is 181 g/mol. The molecule has 0 aliphatic heterocycles. The Hall–Kier alpha value is -0.830. The van der Waals surface area contributed by atoms with E-state index in [2.05, 4.69) is 31.2 Å². The third-order valence-corrected chi connectivity index (χ3v) is 2.57. The highest BCUT2D eigenvalue weighted by Gasteiger charge is 2.12. The van der Waals surface area contributed by atoms with E-state index in [4.69, 9.17) is 0 Å². The molecule has 3 nitrogen and oxygen atoms in total. The van der Waals surface area contributed by atoms with Gasteiger partial charge in [-0.2, -0.15) is 5.10 Å². The van der Waals surface area contributed by atoms with Crippen LogP contribution in [0.5, 0.6) is 0 Å². The number of aryl methyl sites for hydroxylation is 1. The molecular weight excluding hydrogens is 162 g/mol. The van der Waals surface area contributed by atoms with Gasteiger partial charge in [-0.15, -0.1) is 0 Å². The fourth-order valence-electron chi connectivity index (χ4n) is 1.70. The molecule has 1 heterocycles. The van der Waals surface area contributed by atoms with Crippen LogP contribution in [0.15, 0.2) is 6.20 Å². The van der Waals surface area contributed by atoms with Gasteiger partial charge in [0.25, 0.3) is 0 Å². The highest BCUT2D eigenvalue weighted by atomic mass is 15.3. The molecule has 3 heteroatoms. The molecular formula is C10H19N3. The van der Waals surface area contributed by atoms with Crippen molar-refractivity contribution >= 4 is 0 Å². The zero-order chi connectivity index (χ0) is 9.84. The summed E-state index contributed by atoms with van der Waals surface area (Å²) in [5.41, 5.74) is 2.61. The molecule has 1 atom stereocenters. The lowest BCUT2D eigenvalue weighted by molar-refractivity contribution is 0.568. The summed E-state index contributed by atoms with van der Waals surface area (Å²) < 4.78 is 2.04. The first-order valence-corrected chi connectivity index (χ1v) is 4.94. The molecule has 0 aliphatic rings. The second-order valence-corrected chi connectivity index (χ2v) is 3.25. The van der Waals surface area contributed by atoms with Crippen LogP contribution in [0.4, 0.5) is 0 Å². The number of nitrogens with one attached hydrogen (secondary N) is 1. The van der Waals surface area contributed by atoms with Crippen LogP contribution in [0.3, 0.4) is 0 Å². The fourth-order valence-corrected chi connectivity index (χ4v) is 1.70. The molecule has 13 heavy (non-hydrogen) atoms. The van der Waals surface area contributed by atoms with Gasteiger partial charge in [-0.3, -0.25) is 4.68 Å². The van der Waals surface area contributed by atoms with Gasteiger partial charge in [-0.1, -0.05) is 6.92 Å². The molecule has 0 bridgehead atoms. The summed E-state index contributed by atoms with van der Waals surface area (Å²) in [6.07, 6.45) is 3.08. The standard InChI is InChI=1S/C10H19N3/c1-5-10(11-4)9-7-12-13(6-2)8(9)3/h7,10-11H,5-6H2,1-4H3. The molecule has 1 rings (SSSR count). The lowest BCUT2D eigenvalue weighted by Crippen LogP contribution is -2.16. The van der Waals surface area contributed by atoms with E-state index in [9.17, 15) is 0 Å². The number of hydrogen-bond acceptors (Lipinski definition) is 2. The predicted molar refractivity (Wildman–Crippen MR) is 54.7 cm³/mol. The van der Waals surface area contributed by atoms with Crippen molar-refractivity contribution in [3.05, 3.63) is 17.5 Å². The highest BCUT2D eigenvalue weighted by Crippen LogP contribution is 2.19. The molecule has 0 saturated heterocycles. The van der Waals surface area contributed by atoms with Crippen molar-refractivity contribution in [2.75, 3.05) is 7.05 Å². The number of rotatable bonds is 4. The van der Waals surface area contributed by atoms with Crippen LogP contribution in [-0.2, 0) is 6.54 Å². The summed E-state index contributed by atoms with van der Waals surface area (Å²) >= 11 is 0. The smallest absolute Gasteiger partial charge is 0.0540 e. The minimum atomic E-state index is 0.445. The minimum absolute atomic E-state index is 0.445. The van der Waals surface area contributed by atoms with Crippen LogP contribution < -0.4 is 5.32 Å². The molecule has 1 N–H and O–H groups in total. The van der Waals surface area contributed by atoms with E-state index >= 15 is 0 Å². The van der Waals surface area contributed by atoms with Gasteiger partial charge in [0.2, 0.25) is 0 Å². The Morgan fingerprint density at radius 1 is 1.54 bits per heavy atom. The third kappa shape index (κ3) is 1.91. The molecule has 1 aromatic rings. The Balaban J connectivity index is 2.93. The summed E-state index contributed by atoms with van der Waals surface area (Å²) in [7, 11) is 2.00. The molecule has 0 spiro atoms. The summed E-state index contributed by atoms with van der Waals surface area (Å²) in [6, 6.07) is 0.445. The van der Waals surface area contributed by atoms with Crippen molar-refractivity contribution in [2.24, 2.45) is 0 Å². The summed E-state index contributed by atoms with van der Waals surface area (Å²) in [6.45, 7) is 7.38. The van der Waals surface area contributed by atoms with Crippen molar-refractivity contribution in [2.45, 2.75) is 39.8 Å². The van der Waals surface area contributed by atoms with Gasteiger partial charge in [0.15, 0.2) is 0 Å². The quantitative estimate of drug-likeness (QED) is 0.768. The van der Waals surface area contributed by atoms with Gasteiger partial charge in [0.05, 0.1) is 6.20 Å². The van der Waals surface area contributed by atoms with Crippen LogP contribution in [0.2, 0.25) is 0 Å². The molecule has 0 amide bonds. The average molecular weight is 181 g/mol. The van der Waals surface area contributed by atoms with E-state index in [1.54, 1.807) is 0 Å². The minimum Gasteiger partial charge on any atom is -0.313 e. The summed E-state index contributed by atoms with van der Waals surface area (Å²) in [5, 5.41) is 7.62. The molecule has 0 aromatic carbocycles. The Bertz CT molecular complexity index is 261. The molecule has 74 valence electrons.